The number of hydrogen-bond donors (Lipinski definition) is 3. The highest BCUT2D eigenvalue weighted by atomic mass is 35.5. The maximum Gasteiger partial charge on any atom is 0.290 e. The van der Waals surface area contributed by atoms with Gasteiger partial charge < -0.3 is 0 Å². The van der Waals surface area contributed by atoms with Crippen LogP contribution >= 0.6 is 22.9 Å². The van der Waals surface area contributed by atoms with E-state index in [4.69, 9.17) is 11.6 Å². The average molecular weight is 359 g/mol. The van der Waals surface area contributed by atoms with Crippen molar-refractivity contribution in [3.05, 3.63) is 70.2 Å². The highest BCUT2D eigenvalue weighted by molar-refractivity contribution is 7.15. The van der Waals surface area contributed by atoms with Crippen molar-refractivity contribution in [1.82, 2.24) is 21.0 Å². The number of benzene rings is 1. The summed E-state index contributed by atoms with van der Waals surface area (Å²) in [4.78, 5) is 14.4. The molecule has 1 aromatic carbocycles. The van der Waals surface area contributed by atoms with E-state index in [2.05, 4.69) is 27.6 Å². The lowest BCUT2D eigenvalue weighted by Crippen LogP contribution is -2.36. The first kappa shape index (κ1) is 16.3. The maximum atomic E-state index is 12.2. The molecule has 0 aliphatic heterocycles. The van der Waals surface area contributed by atoms with Crippen molar-refractivity contribution in [2.24, 2.45) is 0 Å². The number of H-pyrrole nitrogens is 1. The van der Waals surface area contributed by atoms with Gasteiger partial charge in [-0.2, -0.15) is 5.10 Å². The molecule has 0 saturated heterocycles. The second kappa shape index (κ2) is 6.90. The van der Waals surface area contributed by atoms with Gasteiger partial charge in [-0.3, -0.25) is 20.7 Å². The highest BCUT2D eigenvalue weighted by Gasteiger charge is 2.12. The number of aromatic amines is 1. The molecule has 7 heteroatoms. The van der Waals surface area contributed by atoms with Gasteiger partial charge in [0.05, 0.1) is 16.3 Å². The number of thiophene rings is 1. The Kier molecular flexibility index (Phi) is 4.69. The molecule has 0 fully saturated rings. The normalized spacial score (nSPS) is 10.4. The van der Waals surface area contributed by atoms with Crippen LogP contribution in [0.5, 0.6) is 0 Å². The van der Waals surface area contributed by atoms with Crippen LogP contribution in [0.4, 0.5) is 0 Å². The molecule has 2 aromatic heterocycles. The molecule has 122 valence electrons. The Labute approximate surface area is 148 Å². The van der Waals surface area contributed by atoms with E-state index in [-0.39, 0.29) is 5.91 Å². The summed E-state index contributed by atoms with van der Waals surface area (Å²) in [5, 5.41) is 7.57. The number of carbonyl (C=O) groups is 1. The number of nitrogens with zero attached hydrogens (tertiary/aromatic N) is 1. The number of rotatable bonds is 5. The van der Waals surface area contributed by atoms with Gasteiger partial charge in [-0.05, 0) is 42.8 Å². The third kappa shape index (κ3) is 3.67. The number of aryl methyl sites for hydroxylation is 1. The predicted molar refractivity (Wildman–Crippen MR) is 97.7 cm³/mol. The number of nitrogens with one attached hydrogen (secondary N) is 3. The zero-order valence-corrected chi connectivity index (χ0v) is 14.5. The molecular formula is C17H15ClN4OS. The number of aromatic nitrogens is 2. The first-order chi connectivity index (χ1) is 11.5. The van der Waals surface area contributed by atoms with Crippen molar-refractivity contribution >= 4 is 34.5 Å². The van der Waals surface area contributed by atoms with E-state index >= 15 is 0 Å². The summed E-state index contributed by atoms with van der Waals surface area (Å²) < 4.78 is 0. The fourth-order valence-corrected chi connectivity index (χ4v) is 3.02. The van der Waals surface area contributed by atoms with E-state index in [1.807, 2.05) is 31.2 Å². The van der Waals surface area contributed by atoms with Gasteiger partial charge >= 0.3 is 0 Å². The van der Waals surface area contributed by atoms with Gasteiger partial charge in [0.1, 0.15) is 0 Å². The summed E-state index contributed by atoms with van der Waals surface area (Å²) in [7, 11) is 0. The van der Waals surface area contributed by atoms with Crippen molar-refractivity contribution in [3.8, 4) is 10.6 Å². The molecule has 3 rings (SSSR count). The molecule has 0 spiro atoms. The van der Waals surface area contributed by atoms with Gasteiger partial charge in [-0.25, -0.2) is 0 Å². The molecular weight excluding hydrogens is 344 g/mol. The zero-order chi connectivity index (χ0) is 17.1. The number of amides is 1. The second-order valence-electron chi connectivity index (χ2n) is 5.14. The Hall–Kier alpha value is -2.57. The first-order valence-corrected chi connectivity index (χ1v) is 8.36. The third-order valence-corrected chi connectivity index (χ3v) is 4.62. The summed E-state index contributed by atoms with van der Waals surface area (Å²) in [5.41, 5.74) is 7.87. The first-order valence-electron chi connectivity index (χ1n) is 7.16. The lowest BCUT2D eigenvalue weighted by Gasteiger charge is -2.10. The largest absolute Gasteiger partial charge is 0.298 e. The molecule has 0 unspecified atom stereocenters. The lowest BCUT2D eigenvalue weighted by atomic mass is 10.2. The fourth-order valence-electron chi connectivity index (χ4n) is 2.06. The van der Waals surface area contributed by atoms with E-state index in [9.17, 15) is 4.79 Å². The summed E-state index contributed by atoms with van der Waals surface area (Å²) in [5.74, 6) is -0.346. The van der Waals surface area contributed by atoms with Gasteiger partial charge in [0.25, 0.3) is 5.91 Å². The van der Waals surface area contributed by atoms with E-state index in [0.29, 0.717) is 16.4 Å². The maximum absolute atomic E-state index is 12.2. The van der Waals surface area contributed by atoms with Crippen LogP contribution in [0.25, 0.3) is 16.3 Å². The standard InChI is InChI=1S/C17H15ClN4OS/c1-10-3-8-16(24-10)14-9-15(21-20-14)17(23)22-19-11(2)12-4-6-13(18)7-5-12/h3-9,19H,2H2,1H3,(H,20,21)(H,22,23). The van der Waals surface area contributed by atoms with E-state index in [1.165, 1.54) is 4.88 Å². The molecule has 5 nitrogen and oxygen atoms in total. The van der Waals surface area contributed by atoms with E-state index < -0.39 is 0 Å². The predicted octanol–water partition coefficient (Wildman–Crippen LogP) is 4.01. The summed E-state index contributed by atoms with van der Waals surface area (Å²) in [6.07, 6.45) is 0. The minimum Gasteiger partial charge on any atom is -0.298 e. The zero-order valence-electron chi connectivity index (χ0n) is 12.9. The molecule has 24 heavy (non-hydrogen) atoms. The molecule has 0 bridgehead atoms. The lowest BCUT2D eigenvalue weighted by molar-refractivity contribution is 0.0937. The summed E-state index contributed by atoms with van der Waals surface area (Å²) in [6.45, 7) is 5.91. The Morgan fingerprint density at radius 3 is 2.62 bits per heavy atom. The Morgan fingerprint density at radius 1 is 1.21 bits per heavy atom. The van der Waals surface area contributed by atoms with E-state index in [1.54, 1.807) is 29.5 Å². The van der Waals surface area contributed by atoms with Gasteiger partial charge in [-0.15, -0.1) is 11.3 Å². The topological polar surface area (TPSA) is 69.8 Å². The second-order valence-corrected chi connectivity index (χ2v) is 6.87. The highest BCUT2D eigenvalue weighted by Crippen LogP contribution is 2.26. The van der Waals surface area contributed by atoms with Crippen molar-refractivity contribution < 1.29 is 4.79 Å². The van der Waals surface area contributed by atoms with E-state index in [0.717, 1.165) is 16.1 Å². The fraction of sp³-hybridized carbons (Fsp3) is 0.0588. The number of carbonyl (C=O) groups excluding carboxylic acids is 1. The van der Waals surface area contributed by atoms with Gasteiger partial charge in [0, 0.05) is 9.90 Å². The number of hydrazine groups is 1. The molecule has 0 aliphatic carbocycles. The number of halogens is 1. The molecule has 0 atom stereocenters. The van der Waals surface area contributed by atoms with Crippen LogP contribution in [-0.4, -0.2) is 16.1 Å². The van der Waals surface area contributed by atoms with Gasteiger partial charge in [0.15, 0.2) is 5.69 Å². The van der Waals surface area contributed by atoms with Crippen molar-refractivity contribution in [1.29, 1.82) is 0 Å². The van der Waals surface area contributed by atoms with Crippen LogP contribution in [0, 0.1) is 6.92 Å². The minimum absolute atomic E-state index is 0.299. The van der Waals surface area contributed by atoms with Crippen molar-refractivity contribution in [3.63, 3.8) is 0 Å². The smallest absolute Gasteiger partial charge is 0.290 e. The summed E-state index contributed by atoms with van der Waals surface area (Å²) >= 11 is 7.49. The van der Waals surface area contributed by atoms with Crippen LogP contribution in [0.3, 0.4) is 0 Å². The summed E-state index contributed by atoms with van der Waals surface area (Å²) in [6, 6.07) is 12.9. The van der Waals surface area contributed by atoms with Gasteiger partial charge in [0.2, 0.25) is 0 Å². The van der Waals surface area contributed by atoms with Crippen LogP contribution < -0.4 is 10.9 Å². The molecule has 0 radical (unpaired) electrons. The molecule has 3 aromatic rings. The van der Waals surface area contributed by atoms with Gasteiger partial charge in [-0.1, -0.05) is 30.3 Å². The number of hydrogen-bond acceptors (Lipinski definition) is 4. The Balaban J connectivity index is 1.62. The average Bonchev–Trinajstić information content (AvgIpc) is 3.22. The molecule has 1 amide bonds. The van der Waals surface area contributed by atoms with Crippen LogP contribution in [-0.2, 0) is 0 Å². The third-order valence-electron chi connectivity index (χ3n) is 3.34. The Bertz CT molecular complexity index is 882. The minimum atomic E-state index is -0.346. The molecule has 2 heterocycles. The SMILES string of the molecule is C=C(NNC(=O)c1cc(-c2ccc(C)s2)[nH]n1)c1ccc(Cl)cc1. The quantitative estimate of drug-likeness (QED) is 0.603. The monoisotopic (exact) mass is 358 g/mol. The van der Waals surface area contributed by atoms with Crippen LogP contribution in [0.2, 0.25) is 5.02 Å². The molecule has 0 saturated carbocycles. The van der Waals surface area contributed by atoms with Crippen molar-refractivity contribution in [2.75, 3.05) is 0 Å². The van der Waals surface area contributed by atoms with Crippen molar-refractivity contribution in [2.45, 2.75) is 6.92 Å². The molecule has 0 aliphatic rings. The van der Waals surface area contributed by atoms with Crippen LogP contribution in [0.1, 0.15) is 20.9 Å². The molecule has 3 N–H and O–H groups in total. The van der Waals surface area contributed by atoms with Crippen LogP contribution in [0.15, 0.2) is 49.0 Å². The Morgan fingerprint density at radius 2 is 1.96 bits per heavy atom.